The molecule has 1 nitrogen and oxygen atoms in total. The van der Waals surface area contributed by atoms with Crippen LogP contribution in [-0.2, 0) is 0 Å². The molecule has 1 N–H and O–H groups in total. The van der Waals surface area contributed by atoms with Crippen molar-refractivity contribution in [1.29, 1.82) is 0 Å². The van der Waals surface area contributed by atoms with Gasteiger partial charge in [0.2, 0.25) is 0 Å². The van der Waals surface area contributed by atoms with Crippen molar-refractivity contribution < 1.29 is 13.8 Å². The van der Waals surface area contributed by atoms with E-state index >= 15 is 0 Å². The van der Waals surface area contributed by atoms with E-state index in [-0.39, 0.29) is 6.42 Å². The SMILES string of the molecule is BO.FCCCF. The summed E-state index contributed by atoms with van der Waals surface area (Å²) in [6.07, 6.45) is 0.0556. The fourth-order valence-electron chi connectivity index (χ4n) is 0.0505. The zero-order valence-electron chi connectivity index (χ0n) is 4.32. The molecule has 44 valence electrons. The van der Waals surface area contributed by atoms with Crippen LogP contribution in [-0.4, -0.2) is 26.4 Å². The van der Waals surface area contributed by atoms with Gasteiger partial charge in [0.15, 0.2) is 0 Å². The number of halogens is 2. The van der Waals surface area contributed by atoms with Crippen LogP contribution in [0.4, 0.5) is 8.78 Å². The van der Waals surface area contributed by atoms with Gasteiger partial charge in [-0.25, -0.2) is 0 Å². The van der Waals surface area contributed by atoms with E-state index in [0.29, 0.717) is 0 Å². The Kier molecular flexibility index (Phi) is 24.1. The monoisotopic (exact) mass is 110 g/mol. The highest BCUT2D eigenvalue weighted by Gasteiger charge is 1.75. The fourth-order valence-corrected chi connectivity index (χ4v) is 0.0505. The van der Waals surface area contributed by atoms with Crippen LogP contribution in [0.2, 0.25) is 0 Å². The van der Waals surface area contributed by atoms with E-state index in [1.54, 1.807) is 0 Å². The number of alkyl halides is 2. The summed E-state index contributed by atoms with van der Waals surface area (Å²) in [7, 11) is 1.00. The topological polar surface area (TPSA) is 20.2 Å². The molecule has 0 unspecified atom stereocenters. The molecule has 0 atom stereocenters. The van der Waals surface area contributed by atoms with Crippen molar-refractivity contribution in [3.05, 3.63) is 0 Å². The van der Waals surface area contributed by atoms with Crippen molar-refractivity contribution in [3.8, 4) is 0 Å². The Labute approximate surface area is 42.8 Å². The molecule has 0 aromatic rings. The van der Waals surface area contributed by atoms with Crippen molar-refractivity contribution in [3.63, 3.8) is 0 Å². The smallest absolute Gasteiger partial charge is 0.252 e. The van der Waals surface area contributed by atoms with Gasteiger partial charge in [0.1, 0.15) is 0 Å². The molecule has 0 fully saturated rings. The Balaban J connectivity index is 0. The Morgan fingerprint density at radius 1 is 1.14 bits per heavy atom. The van der Waals surface area contributed by atoms with Crippen LogP contribution in [0.3, 0.4) is 0 Å². The molecule has 0 aromatic heterocycles. The molecular formula is C3H9BF2O. The first-order chi connectivity index (χ1) is 3.41. The van der Waals surface area contributed by atoms with Crippen LogP contribution in [0.15, 0.2) is 0 Å². The molecule has 0 saturated heterocycles. The summed E-state index contributed by atoms with van der Waals surface area (Å²) in [5.41, 5.74) is 0. The first-order valence-electron chi connectivity index (χ1n) is 1.98. The summed E-state index contributed by atoms with van der Waals surface area (Å²) in [6.45, 7) is -1.06. The van der Waals surface area contributed by atoms with Gasteiger partial charge in [-0.05, 0) is 0 Å². The average molecular weight is 110 g/mol. The van der Waals surface area contributed by atoms with Gasteiger partial charge in [0, 0.05) is 6.42 Å². The molecule has 7 heavy (non-hydrogen) atoms. The quantitative estimate of drug-likeness (QED) is 0.489. The minimum atomic E-state index is -0.531. The predicted molar refractivity (Wildman–Crippen MR) is 27.3 cm³/mol. The van der Waals surface area contributed by atoms with Crippen LogP contribution in [0, 0.1) is 0 Å². The highest BCUT2D eigenvalue weighted by molar-refractivity contribution is 5.95. The van der Waals surface area contributed by atoms with Gasteiger partial charge in [-0.15, -0.1) is 0 Å². The summed E-state index contributed by atoms with van der Waals surface area (Å²) in [5, 5.41) is 7.00. The molecule has 0 aliphatic carbocycles. The lowest BCUT2D eigenvalue weighted by Gasteiger charge is -1.73. The molecular weight excluding hydrogens is 101 g/mol. The van der Waals surface area contributed by atoms with Gasteiger partial charge in [-0.2, -0.15) is 0 Å². The van der Waals surface area contributed by atoms with Crippen LogP contribution in [0.5, 0.6) is 0 Å². The standard InChI is InChI=1S/C3H6F2.BH3O/c4-2-1-3-5;1-2/h1-3H2;2H,1H2. The van der Waals surface area contributed by atoms with E-state index in [9.17, 15) is 8.78 Å². The first-order valence-corrected chi connectivity index (χ1v) is 1.98. The molecule has 0 aromatic carbocycles. The molecule has 0 heterocycles. The summed E-state index contributed by atoms with van der Waals surface area (Å²) >= 11 is 0. The Bertz CT molecular complexity index is 20.4. The molecule has 0 bridgehead atoms. The lowest BCUT2D eigenvalue weighted by molar-refractivity contribution is 0.398. The summed E-state index contributed by atoms with van der Waals surface area (Å²) < 4.78 is 21.5. The van der Waals surface area contributed by atoms with E-state index in [4.69, 9.17) is 5.02 Å². The van der Waals surface area contributed by atoms with Crippen molar-refractivity contribution in [1.82, 2.24) is 0 Å². The number of rotatable bonds is 2. The minimum absolute atomic E-state index is 0.0556. The molecule has 4 heteroatoms. The molecule has 0 amide bonds. The van der Waals surface area contributed by atoms with E-state index in [0.717, 1.165) is 8.05 Å². The highest BCUT2D eigenvalue weighted by atomic mass is 19.1. The lowest BCUT2D eigenvalue weighted by atomic mass is 10.5. The first kappa shape index (κ1) is 9.99. The third kappa shape index (κ3) is 25.0. The second-order valence-electron chi connectivity index (χ2n) is 0.732. The van der Waals surface area contributed by atoms with Crippen molar-refractivity contribution in [2.24, 2.45) is 0 Å². The Hall–Kier alpha value is -0.115. The van der Waals surface area contributed by atoms with Crippen LogP contribution in [0.1, 0.15) is 6.42 Å². The van der Waals surface area contributed by atoms with Crippen molar-refractivity contribution >= 4 is 8.05 Å². The third-order valence-corrected chi connectivity index (χ3v) is 0.267. The van der Waals surface area contributed by atoms with Crippen LogP contribution in [0.25, 0.3) is 0 Å². The third-order valence-electron chi connectivity index (χ3n) is 0.267. The average Bonchev–Trinajstić information content (AvgIpc) is 1.75. The molecule has 0 radical (unpaired) electrons. The molecule has 0 spiro atoms. The maximum Gasteiger partial charge on any atom is 0.252 e. The summed E-state index contributed by atoms with van der Waals surface area (Å²) in [5.74, 6) is 0. The lowest BCUT2D eigenvalue weighted by Crippen LogP contribution is -1.73. The van der Waals surface area contributed by atoms with Gasteiger partial charge in [0.05, 0.1) is 13.3 Å². The van der Waals surface area contributed by atoms with E-state index < -0.39 is 13.3 Å². The molecule has 0 saturated carbocycles. The largest absolute Gasteiger partial charge is 0.458 e. The van der Waals surface area contributed by atoms with Gasteiger partial charge in [-0.1, -0.05) is 0 Å². The fraction of sp³-hybridized carbons (Fsp3) is 1.00. The minimum Gasteiger partial charge on any atom is -0.458 e. The predicted octanol–water partition coefficient (Wildman–Crippen LogP) is -0.158. The second kappa shape index (κ2) is 16.9. The van der Waals surface area contributed by atoms with Gasteiger partial charge >= 0.3 is 0 Å². The summed E-state index contributed by atoms with van der Waals surface area (Å²) in [6, 6.07) is 0. The zero-order valence-corrected chi connectivity index (χ0v) is 4.32. The van der Waals surface area contributed by atoms with E-state index in [2.05, 4.69) is 0 Å². The van der Waals surface area contributed by atoms with E-state index in [1.165, 1.54) is 0 Å². The van der Waals surface area contributed by atoms with Gasteiger partial charge < -0.3 is 5.02 Å². The second-order valence-corrected chi connectivity index (χ2v) is 0.732. The molecule has 0 aliphatic heterocycles. The van der Waals surface area contributed by atoms with Crippen LogP contribution >= 0.6 is 0 Å². The highest BCUT2D eigenvalue weighted by Crippen LogP contribution is 1.77. The maximum atomic E-state index is 10.8. The Morgan fingerprint density at radius 3 is 1.43 bits per heavy atom. The molecule has 0 rings (SSSR count). The maximum absolute atomic E-state index is 10.8. The summed E-state index contributed by atoms with van der Waals surface area (Å²) in [4.78, 5) is 0. The number of hydrogen-bond acceptors (Lipinski definition) is 1. The zero-order chi connectivity index (χ0) is 6.12. The normalized spacial score (nSPS) is 6.71. The van der Waals surface area contributed by atoms with Crippen LogP contribution < -0.4 is 0 Å². The van der Waals surface area contributed by atoms with E-state index in [1.807, 2.05) is 0 Å². The molecule has 0 aliphatic rings. The van der Waals surface area contributed by atoms with Crippen molar-refractivity contribution in [2.75, 3.05) is 13.3 Å². The van der Waals surface area contributed by atoms with Gasteiger partial charge in [-0.3, -0.25) is 8.78 Å². The number of hydrogen-bond donors (Lipinski definition) is 1. The van der Waals surface area contributed by atoms with Crippen molar-refractivity contribution in [2.45, 2.75) is 6.42 Å². The Morgan fingerprint density at radius 2 is 1.43 bits per heavy atom. The van der Waals surface area contributed by atoms with Gasteiger partial charge in [0.25, 0.3) is 8.05 Å².